The lowest BCUT2D eigenvalue weighted by atomic mass is 9.80. The predicted octanol–water partition coefficient (Wildman–Crippen LogP) is 18.6. The maximum atomic E-state index is 7.50. The van der Waals surface area contributed by atoms with E-state index in [4.69, 9.17) is 27.1 Å². The first-order valence-corrected chi connectivity index (χ1v) is 28.1. The van der Waals surface area contributed by atoms with Gasteiger partial charge in [-0.1, -0.05) is 6.92 Å². The lowest BCUT2D eigenvalue weighted by molar-refractivity contribution is 0.373. The molecule has 2 heterocycles. The first-order chi connectivity index (χ1) is 33.6. The number of rotatable bonds is 6. The Balaban J connectivity index is 1.33. The third-order valence-corrected chi connectivity index (χ3v) is 20.9. The smallest absolute Gasteiger partial charge is 0.408 e. The standard InChI is InChI=1S/C64H80O6P2/c1-28-34(7)46(19)59-53(40(28)13)26-54-41(14)29(2)35(8)47(20)60(54)66-71(65-59)69-63-50(23)38(11)32(5)44(17)57(63)52(25)58-45(18)33(6)39(12)51(24)64(58)70-72-67-61-48(21)36(9)30(3)42(15)55(61)27-56-43(16)31(4)37(10)49(22)62(56)68-72/h52H,26-27H2,1-25H3. The highest BCUT2D eigenvalue weighted by Gasteiger charge is 2.38. The summed E-state index contributed by atoms with van der Waals surface area (Å²) in [6.45, 7) is 55.4. The molecule has 382 valence electrons. The lowest BCUT2D eigenvalue weighted by Crippen LogP contribution is -2.17. The fourth-order valence-corrected chi connectivity index (χ4v) is 14.3. The Bertz CT molecular complexity index is 2960. The van der Waals surface area contributed by atoms with Crippen molar-refractivity contribution in [1.82, 2.24) is 0 Å². The number of hydrogen-bond acceptors (Lipinski definition) is 6. The van der Waals surface area contributed by atoms with Crippen molar-refractivity contribution in [2.75, 3.05) is 0 Å². The second-order valence-electron chi connectivity index (χ2n) is 21.8. The van der Waals surface area contributed by atoms with Gasteiger partial charge < -0.3 is 27.1 Å². The van der Waals surface area contributed by atoms with Gasteiger partial charge in [0.2, 0.25) is 0 Å². The zero-order valence-corrected chi connectivity index (χ0v) is 50.1. The number of hydrogen-bond donors (Lipinski definition) is 0. The van der Waals surface area contributed by atoms with Crippen LogP contribution in [-0.2, 0) is 12.8 Å². The zero-order valence-electron chi connectivity index (χ0n) is 48.3. The van der Waals surface area contributed by atoms with Crippen molar-refractivity contribution in [2.45, 2.75) is 192 Å². The summed E-state index contributed by atoms with van der Waals surface area (Å²) in [6.07, 6.45) is 1.44. The van der Waals surface area contributed by atoms with Crippen molar-refractivity contribution in [3.63, 3.8) is 0 Å². The van der Waals surface area contributed by atoms with Crippen LogP contribution in [-0.4, -0.2) is 0 Å². The Morgan fingerprint density at radius 1 is 0.264 bits per heavy atom. The van der Waals surface area contributed by atoms with Gasteiger partial charge in [0.15, 0.2) is 0 Å². The number of benzene rings is 6. The molecule has 0 aromatic heterocycles. The van der Waals surface area contributed by atoms with Crippen LogP contribution in [0.25, 0.3) is 0 Å². The summed E-state index contributed by atoms with van der Waals surface area (Å²) in [7, 11) is -4.04. The van der Waals surface area contributed by atoms with Crippen molar-refractivity contribution >= 4 is 17.2 Å². The van der Waals surface area contributed by atoms with Crippen LogP contribution in [0.3, 0.4) is 0 Å². The van der Waals surface area contributed by atoms with Crippen LogP contribution in [0.5, 0.6) is 34.5 Å². The van der Waals surface area contributed by atoms with E-state index in [-0.39, 0.29) is 5.92 Å². The first kappa shape index (κ1) is 53.3. The monoisotopic (exact) mass is 1010 g/mol. The number of fused-ring (bicyclic) bond motifs is 4. The molecule has 0 spiro atoms. The van der Waals surface area contributed by atoms with Crippen LogP contribution in [0.4, 0.5) is 0 Å². The molecule has 0 radical (unpaired) electrons. The Morgan fingerprint density at radius 2 is 0.458 bits per heavy atom. The summed E-state index contributed by atoms with van der Waals surface area (Å²) in [5, 5.41) is 0. The average molecular weight is 1010 g/mol. The summed E-state index contributed by atoms with van der Waals surface area (Å²) in [5.74, 6) is 4.83. The zero-order chi connectivity index (χ0) is 53.2. The van der Waals surface area contributed by atoms with Gasteiger partial charge in [0, 0.05) is 52.1 Å². The molecule has 2 aliphatic heterocycles. The van der Waals surface area contributed by atoms with Crippen LogP contribution in [0.15, 0.2) is 0 Å². The van der Waals surface area contributed by atoms with Crippen LogP contribution in [0, 0.1) is 166 Å². The largest absolute Gasteiger partial charge is 0.530 e. The maximum absolute atomic E-state index is 7.50. The van der Waals surface area contributed by atoms with Gasteiger partial charge in [0.1, 0.15) is 34.5 Å². The molecule has 0 saturated heterocycles. The first-order valence-electron chi connectivity index (χ1n) is 25.9. The molecule has 6 aromatic carbocycles. The molecule has 0 N–H and O–H groups in total. The highest BCUT2D eigenvalue weighted by molar-refractivity contribution is 7.43. The highest BCUT2D eigenvalue weighted by atomic mass is 31.2. The van der Waals surface area contributed by atoms with Gasteiger partial charge >= 0.3 is 17.2 Å². The van der Waals surface area contributed by atoms with E-state index in [0.717, 1.165) is 91.8 Å². The minimum Gasteiger partial charge on any atom is -0.408 e. The molecule has 0 atom stereocenters. The van der Waals surface area contributed by atoms with Crippen LogP contribution in [0.1, 0.15) is 180 Å². The van der Waals surface area contributed by atoms with Crippen molar-refractivity contribution in [3.8, 4) is 34.5 Å². The van der Waals surface area contributed by atoms with E-state index < -0.39 is 17.2 Å². The van der Waals surface area contributed by atoms with Crippen molar-refractivity contribution < 1.29 is 27.1 Å². The molecule has 0 unspecified atom stereocenters. The molecule has 0 amide bonds. The fraction of sp³-hybridized carbons (Fsp3) is 0.438. The second-order valence-corrected chi connectivity index (χ2v) is 23.8. The van der Waals surface area contributed by atoms with E-state index in [1.165, 1.54) is 122 Å². The van der Waals surface area contributed by atoms with E-state index in [1.807, 2.05) is 0 Å². The van der Waals surface area contributed by atoms with Gasteiger partial charge in [-0.3, -0.25) is 0 Å². The summed E-state index contributed by atoms with van der Waals surface area (Å²) >= 11 is 0. The Kier molecular flexibility index (Phi) is 14.3. The summed E-state index contributed by atoms with van der Waals surface area (Å²) in [6, 6.07) is 0. The highest BCUT2D eigenvalue weighted by Crippen LogP contribution is 2.57. The third-order valence-electron chi connectivity index (χ3n) is 18.9. The molecule has 72 heavy (non-hydrogen) atoms. The molecular weight excluding hydrogens is 927 g/mol. The van der Waals surface area contributed by atoms with Gasteiger partial charge in [-0.25, -0.2) is 0 Å². The topological polar surface area (TPSA) is 55.4 Å². The Labute approximate surface area is 435 Å². The van der Waals surface area contributed by atoms with E-state index in [0.29, 0.717) is 0 Å². The summed E-state index contributed by atoms with van der Waals surface area (Å²) in [5.41, 5.74) is 35.9. The van der Waals surface area contributed by atoms with E-state index in [9.17, 15) is 0 Å². The van der Waals surface area contributed by atoms with Crippen molar-refractivity contribution in [3.05, 3.63) is 167 Å². The molecule has 0 aliphatic carbocycles. The Morgan fingerprint density at radius 3 is 0.694 bits per heavy atom. The van der Waals surface area contributed by atoms with E-state index >= 15 is 0 Å². The minimum absolute atomic E-state index is 0.204. The normalized spacial score (nSPS) is 13.7. The van der Waals surface area contributed by atoms with Crippen molar-refractivity contribution in [1.29, 1.82) is 0 Å². The molecular formula is C64H80O6P2. The third kappa shape index (κ3) is 8.30. The van der Waals surface area contributed by atoms with Crippen LogP contribution < -0.4 is 27.1 Å². The maximum Gasteiger partial charge on any atom is 0.530 e. The fourth-order valence-electron chi connectivity index (χ4n) is 11.7. The molecule has 2 aliphatic rings. The molecule has 0 bridgehead atoms. The average Bonchev–Trinajstić information content (AvgIpc) is 3.34. The summed E-state index contributed by atoms with van der Waals surface area (Å²) in [4.78, 5) is 0. The molecule has 6 aromatic rings. The van der Waals surface area contributed by atoms with Gasteiger partial charge in [0.05, 0.1) is 0 Å². The molecule has 8 heteroatoms. The van der Waals surface area contributed by atoms with Crippen LogP contribution >= 0.6 is 17.2 Å². The lowest BCUT2D eigenvalue weighted by Gasteiger charge is -2.33. The van der Waals surface area contributed by atoms with Gasteiger partial charge in [-0.05, 0) is 300 Å². The second kappa shape index (κ2) is 19.4. The molecule has 0 fully saturated rings. The summed E-state index contributed by atoms with van der Waals surface area (Å²) < 4.78 is 43.9. The van der Waals surface area contributed by atoms with E-state index in [2.05, 4.69) is 173 Å². The SMILES string of the molecule is Cc1c(C)c(C)c2c(c1C)Cc1c(C)c(C)c(C)c(C)c1OP(Oc1c(C)c(C)c(C)c(C)c1C(C)c1c(C)c(C)c(C)c(C)c1OP1Oc3c(C)c(C)c(C)c(C)c3Cc3c(C)c(C)c(C)c(C)c3O1)O2. The minimum atomic E-state index is -2.02. The van der Waals surface area contributed by atoms with Crippen LogP contribution in [0.2, 0.25) is 0 Å². The van der Waals surface area contributed by atoms with Gasteiger partial charge in [-0.2, -0.15) is 0 Å². The molecule has 6 nitrogen and oxygen atoms in total. The van der Waals surface area contributed by atoms with Crippen molar-refractivity contribution in [2.24, 2.45) is 0 Å². The van der Waals surface area contributed by atoms with Gasteiger partial charge in [-0.15, -0.1) is 0 Å². The molecule has 8 rings (SSSR count). The molecule has 0 saturated carbocycles. The quantitative estimate of drug-likeness (QED) is 0.155. The predicted molar refractivity (Wildman–Crippen MR) is 303 cm³/mol. The Hall–Kier alpha value is -5.02. The van der Waals surface area contributed by atoms with E-state index in [1.54, 1.807) is 0 Å². The van der Waals surface area contributed by atoms with Gasteiger partial charge in [0.25, 0.3) is 0 Å².